The molecule has 0 amide bonds. The Morgan fingerprint density at radius 2 is 2.37 bits per heavy atom. The number of aromatic carboxylic acids is 1. The van der Waals surface area contributed by atoms with Crippen LogP contribution in [0.2, 0.25) is 0 Å². The molecule has 0 spiro atoms. The lowest BCUT2D eigenvalue weighted by Gasteiger charge is -2.20. The van der Waals surface area contributed by atoms with Gasteiger partial charge in [0.05, 0.1) is 11.3 Å². The number of likely N-dealkylation sites (tertiary alicyclic amines) is 1. The van der Waals surface area contributed by atoms with Crippen LogP contribution in [-0.2, 0) is 0 Å². The SMILES string of the molecule is CN1CCCC1CNc1cc(C(=O)O)c(N)cc1F. The molecular weight excluding hydrogens is 249 g/mol. The van der Waals surface area contributed by atoms with Gasteiger partial charge in [0, 0.05) is 18.3 Å². The molecular formula is C13H18FN3O2. The average Bonchev–Trinajstić information content (AvgIpc) is 2.73. The van der Waals surface area contributed by atoms with Crippen molar-refractivity contribution in [1.82, 2.24) is 4.90 Å². The number of hydrogen-bond donors (Lipinski definition) is 3. The van der Waals surface area contributed by atoms with Gasteiger partial charge in [-0.1, -0.05) is 0 Å². The molecule has 19 heavy (non-hydrogen) atoms. The molecule has 1 saturated heterocycles. The molecule has 2 rings (SSSR count). The first-order valence-corrected chi connectivity index (χ1v) is 6.25. The number of benzene rings is 1. The van der Waals surface area contributed by atoms with Crippen molar-refractivity contribution >= 4 is 17.3 Å². The molecule has 0 radical (unpaired) electrons. The van der Waals surface area contributed by atoms with E-state index in [0.29, 0.717) is 12.6 Å². The number of carbonyl (C=O) groups is 1. The second-order valence-electron chi connectivity index (χ2n) is 4.88. The normalized spacial score (nSPS) is 19.6. The quantitative estimate of drug-likeness (QED) is 0.722. The number of hydrogen-bond acceptors (Lipinski definition) is 4. The topological polar surface area (TPSA) is 78.6 Å². The lowest BCUT2D eigenvalue weighted by molar-refractivity contribution is 0.0698. The molecule has 1 aliphatic heterocycles. The number of carboxylic acids is 1. The van der Waals surface area contributed by atoms with Crippen molar-refractivity contribution < 1.29 is 14.3 Å². The van der Waals surface area contributed by atoms with Gasteiger partial charge in [0.2, 0.25) is 0 Å². The van der Waals surface area contributed by atoms with Crippen LogP contribution in [-0.4, -0.2) is 42.2 Å². The van der Waals surface area contributed by atoms with Crippen molar-refractivity contribution in [2.75, 3.05) is 31.2 Å². The van der Waals surface area contributed by atoms with Crippen molar-refractivity contribution in [2.24, 2.45) is 0 Å². The van der Waals surface area contributed by atoms with Gasteiger partial charge in [0.1, 0.15) is 5.82 Å². The van der Waals surface area contributed by atoms with Crippen LogP contribution < -0.4 is 11.1 Å². The fourth-order valence-corrected chi connectivity index (χ4v) is 2.37. The molecule has 104 valence electrons. The van der Waals surface area contributed by atoms with Gasteiger partial charge >= 0.3 is 5.97 Å². The monoisotopic (exact) mass is 267 g/mol. The molecule has 1 unspecified atom stereocenters. The summed E-state index contributed by atoms with van der Waals surface area (Å²) in [7, 11) is 2.03. The third-order valence-electron chi connectivity index (χ3n) is 3.57. The van der Waals surface area contributed by atoms with Crippen molar-refractivity contribution in [3.05, 3.63) is 23.5 Å². The molecule has 1 fully saturated rings. The van der Waals surface area contributed by atoms with E-state index in [9.17, 15) is 9.18 Å². The molecule has 1 aliphatic rings. The third kappa shape index (κ3) is 2.96. The highest BCUT2D eigenvalue weighted by molar-refractivity contribution is 5.94. The van der Waals surface area contributed by atoms with E-state index in [-0.39, 0.29) is 16.9 Å². The molecule has 4 N–H and O–H groups in total. The number of nitrogens with one attached hydrogen (secondary N) is 1. The molecule has 6 heteroatoms. The zero-order chi connectivity index (χ0) is 14.0. The van der Waals surface area contributed by atoms with E-state index in [1.165, 1.54) is 6.07 Å². The zero-order valence-corrected chi connectivity index (χ0v) is 10.8. The molecule has 1 aromatic rings. The Morgan fingerprint density at radius 3 is 2.95 bits per heavy atom. The molecule has 5 nitrogen and oxygen atoms in total. The van der Waals surface area contributed by atoms with E-state index in [1.54, 1.807) is 0 Å². The standard InChI is InChI=1S/C13H18FN3O2/c1-17-4-2-3-8(17)7-16-12-5-9(13(18)19)11(15)6-10(12)14/h5-6,8,16H,2-4,7,15H2,1H3,(H,18,19). The Kier molecular flexibility index (Phi) is 3.90. The van der Waals surface area contributed by atoms with Gasteiger partial charge in [0.15, 0.2) is 0 Å². The van der Waals surface area contributed by atoms with E-state index < -0.39 is 11.8 Å². The van der Waals surface area contributed by atoms with E-state index in [0.717, 1.165) is 25.5 Å². The smallest absolute Gasteiger partial charge is 0.337 e. The van der Waals surface area contributed by atoms with Crippen molar-refractivity contribution in [3.8, 4) is 0 Å². The summed E-state index contributed by atoms with van der Waals surface area (Å²) >= 11 is 0. The van der Waals surface area contributed by atoms with Crippen LogP contribution in [0.1, 0.15) is 23.2 Å². The first-order chi connectivity index (χ1) is 8.99. The Hall–Kier alpha value is -1.82. The summed E-state index contributed by atoms with van der Waals surface area (Å²) in [5, 5.41) is 11.9. The number of anilines is 2. The molecule has 0 saturated carbocycles. The van der Waals surface area contributed by atoms with Gasteiger partial charge in [-0.2, -0.15) is 0 Å². The van der Waals surface area contributed by atoms with Gasteiger partial charge in [-0.3, -0.25) is 0 Å². The summed E-state index contributed by atoms with van der Waals surface area (Å²) in [5.41, 5.74) is 5.52. The van der Waals surface area contributed by atoms with Crippen molar-refractivity contribution in [1.29, 1.82) is 0 Å². The number of halogens is 1. The minimum Gasteiger partial charge on any atom is -0.478 e. The maximum absolute atomic E-state index is 13.7. The van der Waals surface area contributed by atoms with Crippen LogP contribution in [0.3, 0.4) is 0 Å². The highest BCUT2D eigenvalue weighted by Crippen LogP contribution is 2.23. The highest BCUT2D eigenvalue weighted by Gasteiger charge is 2.21. The predicted molar refractivity (Wildman–Crippen MR) is 71.9 cm³/mol. The second kappa shape index (κ2) is 5.44. The molecule has 1 atom stereocenters. The number of carboxylic acid groups (broad SMARTS) is 1. The number of nitrogens with two attached hydrogens (primary N) is 1. The lowest BCUT2D eigenvalue weighted by Crippen LogP contribution is -2.31. The van der Waals surface area contributed by atoms with Crippen LogP contribution >= 0.6 is 0 Å². The largest absolute Gasteiger partial charge is 0.478 e. The number of nitrogens with zero attached hydrogens (tertiary/aromatic N) is 1. The maximum atomic E-state index is 13.7. The number of rotatable bonds is 4. The molecule has 0 bridgehead atoms. The summed E-state index contributed by atoms with van der Waals surface area (Å²) in [6, 6.07) is 2.65. The summed E-state index contributed by atoms with van der Waals surface area (Å²) in [6.45, 7) is 1.63. The Bertz CT molecular complexity index is 493. The Balaban J connectivity index is 2.11. The van der Waals surface area contributed by atoms with Gasteiger partial charge in [-0.15, -0.1) is 0 Å². The van der Waals surface area contributed by atoms with Crippen LogP contribution in [0.5, 0.6) is 0 Å². The molecule has 0 aliphatic carbocycles. The van der Waals surface area contributed by atoms with Crippen molar-refractivity contribution in [3.63, 3.8) is 0 Å². The Labute approximate surface area is 111 Å². The maximum Gasteiger partial charge on any atom is 0.337 e. The number of likely N-dealkylation sites (N-methyl/N-ethyl adjacent to an activating group) is 1. The van der Waals surface area contributed by atoms with E-state index in [1.807, 2.05) is 7.05 Å². The lowest BCUT2D eigenvalue weighted by atomic mass is 10.1. The average molecular weight is 267 g/mol. The molecule has 1 heterocycles. The second-order valence-corrected chi connectivity index (χ2v) is 4.88. The van der Waals surface area contributed by atoms with E-state index in [4.69, 9.17) is 10.8 Å². The predicted octanol–water partition coefficient (Wildman–Crippen LogP) is 1.61. The van der Waals surface area contributed by atoms with Gasteiger partial charge < -0.3 is 21.1 Å². The molecule has 0 aromatic heterocycles. The summed E-state index contributed by atoms with van der Waals surface area (Å²) in [4.78, 5) is 13.2. The fourth-order valence-electron chi connectivity index (χ4n) is 2.37. The van der Waals surface area contributed by atoms with E-state index >= 15 is 0 Å². The minimum absolute atomic E-state index is 0.0615. The van der Waals surface area contributed by atoms with Crippen LogP contribution in [0.25, 0.3) is 0 Å². The first-order valence-electron chi connectivity index (χ1n) is 6.25. The van der Waals surface area contributed by atoms with Crippen molar-refractivity contribution in [2.45, 2.75) is 18.9 Å². The van der Waals surface area contributed by atoms with Gasteiger partial charge in [-0.25, -0.2) is 9.18 Å². The number of nitrogen functional groups attached to an aromatic ring is 1. The first kappa shape index (κ1) is 13.6. The van der Waals surface area contributed by atoms with Crippen LogP contribution in [0.4, 0.5) is 15.8 Å². The van der Waals surface area contributed by atoms with Gasteiger partial charge in [0.25, 0.3) is 0 Å². The van der Waals surface area contributed by atoms with Crippen LogP contribution in [0.15, 0.2) is 12.1 Å². The summed E-state index contributed by atoms with van der Waals surface area (Å²) in [6.07, 6.45) is 2.19. The minimum atomic E-state index is -1.15. The third-order valence-corrected chi connectivity index (χ3v) is 3.57. The fraction of sp³-hybridized carbons (Fsp3) is 0.462. The highest BCUT2D eigenvalue weighted by atomic mass is 19.1. The van der Waals surface area contributed by atoms with E-state index in [2.05, 4.69) is 10.2 Å². The summed E-state index contributed by atoms with van der Waals surface area (Å²) < 4.78 is 13.7. The summed E-state index contributed by atoms with van der Waals surface area (Å²) in [5.74, 6) is -1.68. The van der Waals surface area contributed by atoms with Crippen LogP contribution in [0, 0.1) is 5.82 Å². The van der Waals surface area contributed by atoms with Gasteiger partial charge in [-0.05, 0) is 38.6 Å². The molecule has 1 aromatic carbocycles. The Morgan fingerprint density at radius 1 is 1.63 bits per heavy atom. The zero-order valence-electron chi connectivity index (χ0n) is 10.8.